The van der Waals surface area contributed by atoms with Crippen molar-refractivity contribution in [2.75, 3.05) is 19.6 Å². The first-order valence-corrected chi connectivity index (χ1v) is 12.6. The molecule has 37 heavy (non-hydrogen) atoms. The second-order valence-corrected chi connectivity index (χ2v) is 9.58. The van der Waals surface area contributed by atoms with Crippen LogP contribution in [0.5, 0.6) is 11.5 Å². The maximum absolute atomic E-state index is 13.1. The number of benzene rings is 2. The molecule has 0 atom stereocenters. The molecule has 2 amide bonds. The molecule has 0 aliphatic carbocycles. The third-order valence-electron chi connectivity index (χ3n) is 7.26. The smallest absolute Gasteiger partial charge is 0.331 e. The Balaban J connectivity index is 1.23. The zero-order chi connectivity index (χ0) is 25.9. The predicted octanol–water partition coefficient (Wildman–Crippen LogP) is 1.96. The SMILES string of the molecule is Cn1c(=O)c(Oc2ccccc2)cn(CC(=O)N2CCC(N3CCc4ccccc4CC3=O)CC2)c1=O. The van der Waals surface area contributed by atoms with Crippen molar-refractivity contribution in [2.45, 2.75) is 38.3 Å². The van der Waals surface area contributed by atoms with Crippen LogP contribution < -0.4 is 16.0 Å². The van der Waals surface area contributed by atoms with Crippen molar-refractivity contribution in [3.05, 3.63) is 92.8 Å². The molecule has 1 aromatic heterocycles. The normalized spacial score (nSPS) is 16.3. The van der Waals surface area contributed by atoms with Crippen LogP contribution in [-0.4, -0.2) is 56.4 Å². The molecule has 0 unspecified atom stereocenters. The second kappa shape index (κ2) is 10.5. The third kappa shape index (κ3) is 5.21. The van der Waals surface area contributed by atoms with Crippen LogP contribution in [0.25, 0.3) is 0 Å². The Hall–Kier alpha value is -4.14. The van der Waals surface area contributed by atoms with Gasteiger partial charge in [0.25, 0.3) is 5.56 Å². The molecule has 5 rings (SSSR count). The van der Waals surface area contributed by atoms with Crippen molar-refractivity contribution in [2.24, 2.45) is 7.05 Å². The molecular weight excluding hydrogens is 472 g/mol. The van der Waals surface area contributed by atoms with Gasteiger partial charge in [0.05, 0.1) is 12.6 Å². The first kappa shape index (κ1) is 24.5. The molecule has 3 heterocycles. The highest BCUT2D eigenvalue weighted by Crippen LogP contribution is 2.23. The fourth-order valence-electron chi connectivity index (χ4n) is 5.16. The Kier molecular flexibility index (Phi) is 6.94. The van der Waals surface area contributed by atoms with Crippen LogP contribution in [0.4, 0.5) is 0 Å². The number of nitrogens with zero attached hydrogens (tertiary/aromatic N) is 4. The largest absolute Gasteiger partial charge is 0.450 e. The van der Waals surface area contributed by atoms with E-state index in [9.17, 15) is 19.2 Å². The number of hydrogen-bond acceptors (Lipinski definition) is 5. The minimum atomic E-state index is -0.580. The van der Waals surface area contributed by atoms with Crippen molar-refractivity contribution in [1.29, 1.82) is 0 Å². The summed E-state index contributed by atoms with van der Waals surface area (Å²) in [6.07, 6.45) is 3.94. The number of fused-ring (bicyclic) bond motifs is 1. The Morgan fingerprint density at radius 2 is 1.59 bits per heavy atom. The summed E-state index contributed by atoms with van der Waals surface area (Å²) in [5.41, 5.74) is 1.18. The van der Waals surface area contributed by atoms with Crippen molar-refractivity contribution < 1.29 is 14.3 Å². The summed E-state index contributed by atoms with van der Waals surface area (Å²) in [5.74, 6) is 0.363. The molecular formula is C28H30N4O5. The Morgan fingerprint density at radius 3 is 2.32 bits per heavy atom. The second-order valence-electron chi connectivity index (χ2n) is 9.58. The number of para-hydroxylation sites is 1. The Morgan fingerprint density at radius 1 is 0.919 bits per heavy atom. The van der Waals surface area contributed by atoms with Crippen LogP contribution in [-0.2, 0) is 36.0 Å². The van der Waals surface area contributed by atoms with Gasteiger partial charge in [0.15, 0.2) is 0 Å². The van der Waals surface area contributed by atoms with Crippen molar-refractivity contribution >= 4 is 11.8 Å². The molecule has 192 valence electrons. The maximum atomic E-state index is 13.1. The van der Waals surface area contributed by atoms with Gasteiger partial charge in [-0.15, -0.1) is 0 Å². The third-order valence-corrected chi connectivity index (χ3v) is 7.26. The summed E-state index contributed by atoms with van der Waals surface area (Å²) < 4.78 is 7.84. The highest BCUT2D eigenvalue weighted by molar-refractivity contribution is 5.80. The van der Waals surface area contributed by atoms with Gasteiger partial charge in [-0.1, -0.05) is 42.5 Å². The Bertz CT molecular complexity index is 1420. The van der Waals surface area contributed by atoms with E-state index in [1.165, 1.54) is 23.4 Å². The lowest BCUT2D eigenvalue weighted by Crippen LogP contribution is -2.50. The number of hydrogen-bond donors (Lipinski definition) is 0. The molecule has 0 radical (unpaired) electrons. The van der Waals surface area contributed by atoms with Crippen LogP contribution in [0.1, 0.15) is 24.0 Å². The van der Waals surface area contributed by atoms with Gasteiger partial charge in [-0.3, -0.25) is 23.5 Å². The first-order valence-electron chi connectivity index (χ1n) is 12.6. The summed E-state index contributed by atoms with van der Waals surface area (Å²) in [6, 6.07) is 17.0. The highest BCUT2D eigenvalue weighted by atomic mass is 16.5. The first-order chi connectivity index (χ1) is 17.9. The molecule has 0 spiro atoms. The number of amides is 2. The molecule has 9 nitrogen and oxygen atoms in total. The molecule has 3 aromatic rings. The van der Waals surface area contributed by atoms with E-state index in [0.717, 1.165) is 16.6 Å². The topological polar surface area (TPSA) is 93.8 Å². The fraction of sp³-hybridized carbons (Fsp3) is 0.357. The number of carbonyl (C=O) groups excluding carboxylic acids is 2. The van der Waals surface area contributed by atoms with Crippen molar-refractivity contribution in [3.63, 3.8) is 0 Å². The molecule has 9 heteroatoms. The van der Waals surface area contributed by atoms with E-state index < -0.39 is 11.2 Å². The lowest BCUT2D eigenvalue weighted by Gasteiger charge is -2.38. The number of rotatable bonds is 5. The van der Waals surface area contributed by atoms with Gasteiger partial charge in [-0.05, 0) is 42.5 Å². The molecule has 0 N–H and O–H groups in total. The van der Waals surface area contributed by atoms with Gasteiger partial charge in [-0.2, -0.15) is 0 Å². The van der Waals surface area contributed by atoms with Gasteiger partial charge < -0.3 is 14.5 Å². The van der Waals surface area contributed by atoms with Crippen molar-refractivity contribution in [1.82, 2.24) is 18.9 Å². The Labute approximate surface area is 214 Å². The lowest BCUT2D eigenvalue weighted by molar-refractivity contribution is -0.136. The van der Waals surface area contributed by atoms with Crippen LogP contribution in [0, 0.1) is 0 Å². The van der Waals surface area contributed by atoms with Gasteiger partial charge in [-0.25, -0.2) is 4.79 Å². The average Bonchev–Trinajstić information content (AvgIpc) is 3.09. The van der Waals surface area contributed by atoms with Crippen LogP contribution >= 0.6 is 0 Å². The van der Waals surface area contributed by atoms with E-state index in [1.807, 2.05) is 29.2 Å². The van der Waals surface area contributed by atoms with E-state index in [4.69, 9.17) is 4.74 Å². The highest BCUT2D eigenvalue weighted by Gasteiger charge is 2.31. The number of piperidine rings is 1. The molecule has 0 bridgehead atoms. The fourth-order valence-corrected chi connectivity index (χ4v) is 5.16. The quantitative estimate of drug-likeness (QED) is 0.532. The molecule has 1 fully saturated rings. The van der Waals surface area contributed by atoms with E-state index in [1.54, 1.807) is 29.2 Å². The van der Waals surface area contributed by atoms with Crippen LogP contribution in [0.2, 0.25) is 0 Å². The van der Waals surface area contributed by atoms with Crippen LogP contribution in [0.15, 0.2) is 70.4 Å². The number of ether oxygens (including phenoxy) is 1. The molecule has 0 saturated carbocycles. The minimum absolute atomic E-state index is 0.0273. The zero-order valence-corrected chi connectivity index (χ0v) is 20.8. The maximum Gasteiger partial charge on any atom is 0.331 e. The van der Waals surface area contributed by atoms with E-state index >= 15 is 0 Å². The summed E-state index contributed by atoms with van der Waals surface area (Å²) in [5, 5.41) is 0. The van der Waals surface area contributed by atoms with E-state index in [0.29, 0.717) is 44.6 Å². The summed E-state index contributed by atoms with van der Waals surface area (Å²) >= 11 is 0. The zero-order valence-electron chi connectivity index (χ0n) is 20.8. The summed E-state index contributed by atoms with van der Waals surface area (Å²) in [6.45, 7) is 1.51. The molecule has 2 aliphatic rings. The van der Waals surface area contributed by atoms with E-state index in [2.05, 4.69) is 6.07 Å². The van der Waals surface area contributed by atoms with Crippen molar-refractivity contribution in [3.8, 4) is 11.5 Å². The molecule has 2 aliphatic heterocycles. The number of aromatic nitrogens is 2. The lowest BCUT2D eigenvalue weighted by atomic mass is 10.0. The molecule has 1 saturated heterocycles. The molecule has 2 aromatic carbocycles. The summed E-state index contributed by atoms with van der Waals surface area (Å²) in [7, 11) is 1.37. The monoisotopic (exact) mass is 502 g/mol. The van der Waals surface area contributed by atoms with Gasteiger partial charge in [0.2, 0.25) is 17.6 Å². The van der Waals surface area contributed by atoms with Gasteiger partial charge >= 0.3 is 5.69 Å². The van der Waals surface area contributed by atoms with E-state index in [-0.39, 0.29) is 30.2 Å². The minimum Gasteiger partial charge on any atom is -0.450 e. The average molecular weight is 503 g/mol. The number of carbonyl (C=O) groups is 2. The number of likely N-dealkylation sites (tertiary alicyclic amines) is 1. The predicted molar refractivity (Wildman–Crippen MR) is 138 cm³/mol. The van der Waals surface area contributed by atoms with Gasteiger partial charge in [0, 0.05) is 32.7 Å². The van der Waals surface area contributed by atoms with Gasteiger partial charge in [0.1, 0.15) is 12.3 Å². The summed E-state index contributed by atoms with van der Waals surface area (Å²) in [4.78, 5) is 55.0. The van der Waals surface area contributed by atoms with Crippen LogP contribution in [0.3, 0.4) is 0 Å². The standard InChI is InChI=1S/C28H30N4O5/c1-29-27(35)24(37-23-9-3-2-4-10-23)18-31(28(29)36)19-26(34)30-14-12-22(13-15-30)32-16-11-20-7-5-6-8-21(20)17-25(32)33/h2-10,18,22H,11-17,19H2,1H3.